The third-order valence-electron chi connectivity index (χ3n) is 5.66. The summed E-state index contributed by atoms with van der Waals surface area (Å²) in [5, 5.41) is 13.2. The summed E-state index contributed by atoms with van der Waals surface area (Å²) >= 11 is 0. The molecule has 3 aromatic rings. The number of hydrogen-bond acceptors (Lipinski definition) is 5. The SMILES string of the molecule is COc1cc2c(cc1O)C(C(=O)Nc1ccccc1)=CN(Cc1cccc(OC(F)(F)F)c1)C2C. The van der Waals surface area contributed by atoms with E-state index in [1.165, 1.54) is 31.4 Å². The Balaban J connectivity index is 1.70. The number of amides is 1. The van der Waals surface area contributed by atoms with E-state index in [0.717, 1.165) is 5.56 Å². The van der Waals surface area contributed by atoms with Gasteiger partial charge in [0.05, 0.1) is 18.7 Å². The van der Waals surface area contributed by atoms with Gasteiger partial charge in [-0.3, -0.25) is 4.79 Å². The fourth-order valence-electron chi connectivity index (χ4n) is 3.99. The van der Waals surface area contributed by atoms with Gasteiger partial charge in [0.25, 0.3) is 5.91 Å². The van der Waals surface area contributed by atoms with Crippen LogP contribution in [0.1, 0.15) is 29.7 Å². The molecule has 0 bridgehead atoms. The largest absolute Gasteiger partial charge is 0.573 e. The van der Waals surface area contributed by atoms with Crippen LogP contribution in [0, 0.1) is 0 Å². The van der Waals surface area contributed by atoms with Crippen LogP contribution in [0.15, 0.2) is 72.9 Å². The summed E-state index contributed by atoms with van der Waals surface area (Å²) in [4.78, 5) is 15.1. The van der Waals surface area contributed by atoms with E-state index in [1.54, 1.807) is 42.6 Å². The number of phenols is 1. The number of aromatic hydroxyl groups is 1. The Morgan fingerprint density at radius 1 is 1.09 bits per heavy atom. The number of benzene rings is 3. The third-order valence-corrected chi connectivity index (χ3v) is 5.66. The van der Waals surface area contributed by atoms with Crippen molar-refractivity contribution in [1.82, 2.24) is 4.90 Å². The maximum atomic E-state index is 13.2. The van der Waals surface area contributed by atoms with Gasteiger partial charge in [0.1, 0.15) is 5.75 Å². The number of para-hydroxylation sites is 1. The van der Waals surface area contributed by atoms with Crippen molar-refractivity contribution in [2.24, 2.45) is 0 Å². The third kappa shape index (κ3) is 5.51. The van der Waals surface area contributed by atoms with Crippen molar-refractivity contribution in [3.63, 3.8) is 0 Å². The number of phenolic OH excluding ortho intramolecular Hbond substituents is 1. The second-order valence-electron chi connectivity index (χ2n) is 8.02. The standard InChI is InChI=1S/C26H23F3N2O4/c1-16-20-13-24(34-2)23(32)12-21(20)22(25(33)30-18-8-4-3-5-9-18)15-31(16)14-17-7-6-10-19(11-17)35-26(27,28)29/h3-13,15-16,32H,14H2,1-2H3,(H,30,33). The number of hydrogen-bond donors (Lipinski definition) is 2. The number of alkyl halides is 3. The highest BCUT2D eigenvalue weighted by molar-refractivity contribution is 6.25. The van der Waals surface area contributed by atoms with Crippen LogP contribution in [0.25, 0.3) is 5.57 Å². The van der Waals surface area contributed by atoms with Gasteiger partial charge in [0.15, 0.2) is 11.5 Å². The lowest BCUT2D eigenvalue weighted by atomic mass is 9.90. The fourth-order valence-corrected chi connectivity index (χ4v) is 3.99. The Morgan fingerprint density at radius 3 is 2.51 bits per heavy atom. The van der Waals surface area contributed by atoms with E-state index >= 15 is 0 Å². The van der Waals surface area contributed by atoms with Crippen LogP contribution < -0.4 is 14.8 Å². The zero-order valence-electron chi connectivity index (χ0n) is 19.0. The summed E-state index contributed by atoms with van der Waals surface area (Å²) in [6, 6.07) is 17.5. The van der Waals surface area contributed by atoms with Crippen molar-refractivity contribution >= 4 is 17.2 Å². The molecule has 3 aromatic carbocycles. The summed E-state index contributed by atoms with van der Waals surface area (Å²) in [5.41, 5.74) is 2.71. The van der Waals surface area contributed by atoms with Gasteiger partial charge >= 0.3 is 6.36 Å². The van der Waals surface area contributed by atoms with Crippen LogP contribution in [0.2, 0.25) is 0 Å². The van der Waals surface area contributed by atoms with Crippen molar-refractivity contribution in [2.75, 3.05) is 12.4 Å². The first-order valence-electron chi connectivity index (χ1n) is 10.7. The summed E-state index contributed by atoms with van der Waals surface area (Å²) in [6.07, 6.45) is -3.15. The van der Waals surface area contributed by atoms with Gasteiger partial charge in [0.2, 0.25) is 0 Å². The number of nitrogens with one attached hydrogen (secondary N) is 1. The van der Waals surface area contributed by atoms with Crippen molar-refractivity contribution in [2.45, 2.75) is 25.9 Å². The first-order valence-corrected chi connectivity index (χ1v) is 10.7. The molecule has 1 amide bonds. The zero-order chi connectivity index (χ0) is 25.2. The minimum Gasteiger partial charge on any atom is -0.504 e. The average molecular weight is 484 g/mol. The van der Waals surface area contributed by atoms with E-state index < -0.39 is 12.3 Å². The molecule has 1 heterocycles. The van der Waals surface area contributed by atoms with E-state index in [9.17, 15) is 23.1 Å². The molecule has 1 aliphatic heterocycles. The van der Waals surface area contributed by atoms with Crippen molar-refractivity contribution in [3.8, 4) is 17.2 Å². The van der Waals surface area contributed by atoms with E-state index in [-0.39, 0.29) is 29.8 Å². The number of nitrogens with zero attached hydrogens (tertiary/aromatic N) is 1. The van der Waals surface area contributed by atoms with Crippen molar-refractivity contribution < 1.29 is 32.5 Å². The second-order valence-corrected chi connectivity index (χ2v) is 8.02. The molecule has 6 nitrogen and oxygen atoms in total. The van der Waals surface area contributed by atoms with Gasteiger partial charge in [-0.2, -0.15) is 0 Å². The van der Waals surface area contributed by atoms with Crippen LogP contribution in [0.3, 0.4) is 0 Å². The molecule has 4 rings (SSSR count). The topological polar surface area (TPSA) is 71.0 Å². The van der Waals surface area contributed by atoms with Crippen LogP contribution >= 0.6 is 0 Å². The number of carbonyl (C=O) groups is 1. The van der Waals surface area contributed by atoms with Gasteiger partial charge in [-0.1, -0.05) is 30.3 Å². The Labute approximate surface area is 200 Å². The zero-order valence-corrected chi connectivity index (χ0v) is 19.0. The molecule has 0 aromatic heterocycles. The lowest BCUT2D eigenvalue weighted by Gasteiger charge is -2.35. The molecule has 0 saturated heterocycles. The van der Waals surface area contributed by atoms with Crippen molar-refractivity contribution in [3.05, 3.63) is 89.6 Å². The number of carbonyl (C=O) groups excluding carboxylic acids is 1. The monoisotopic (exact) mass is 484 g/mol. The Morgan fingerprint density at radius 2 is 1.83 bits per heavy atom. The first-order chi connectivity index (χ1) is 16.6. The number of fused-ring (bicyclic) bond motifs is 1. The molecule has 0 spiro atoms. The molecule has 35 heavy (non-hydrogen) atoms. The number of methoxy groups -OCH3 is 1. The Kier molecular flexibility index (Phi) is 6.59. The number of anilines is 1. The molecule has 182 valence electrons. The molecule has 0 aliphatic carbocycles. The molecule has 0 radical (unpaired) electrons. The summed E-state index contributed by atoms with van der Waals surface area (Å²) in [5.74, 6) is -0.575. The quantitative estimate of drug-likeness (QED) is 0.459. The molecule has 1 unspecified atom stereocenters. The lowest BCUT2D eigenvalue weighted by Crippen LogP contribution is -2.29. The highest BCUT2D eigenvalue weighted by Crippen LogP contribution is 2.42. The van der Waals surface area contributed by atoms with Crippen LogP contribution in [0.5, 0.6) is 17.2 Å². The van der Waals surface area contributed by atoms with Crippen LogP contribution in [0.4, 0.5) is 18.9 Å². The molecule has 2 N–H and O–H groups in total. The molecule has 0 fully saturated rings. The maximum Gasteiger partial charge on any atom is 0.573 e. The summed E-state index contributed by atoms with van der Waals surface area (Å²) < 4.78 is 47.3. The minimum atomic E-state index is -4.79. The van der Waals surface area contributed by atoms with Gasteiger partial charge in [-0.25, -0.2) is 0 Å². The minimum absolute atomic E-state index is 0.109. The highest BCUT2D eigenvalue weighted by Gasteiger charge is 2.32. The van der Waals surface area contributed by atoms with Crippen LogP contribution in [-0.2, 0) is 11.3 Å². The van der Waals surface area contributed by atoms with E-state index in [2.05, 4.69) is 10.1 Å². The molecule has 1 aliphatic rings. The number of halogens is 3. The smallest absolute Gasteiger partial charge is 0.504 e. The Hall–Kier alpha value is -4.14. The van der Waals surface area contributed by atoms with Crippen molar-refractivity contribution in [1.29, 1.82) is 0 Å². The number of rotatable bonds is 6. The molecule has 0 saturated carbocycles. The summed E-state index contributed by atoms with van der Waals surface area (Å²) in [6.45, 7) is 2.11. The maximum absolute atomic E-state index is 13.2. The van der Waals surface area contributed by atoms with Gasteiger partial charge in [-0.05, 0) is 60.0 Å². The number of ether oxygens (including phenoxy) is 2. The highest BCUT2D eigenvalue weighted by atomic mass is 19.4. The Bertz CT molecular complexity index is 1260. The summed E-state index contributed by atoms with van der Waals surface area (Å²) in [7, 11) is 1.43. The first kappa shape index (κ1) is 24.0. The predicted molar refractivity (Wildman–Crippen MR) is 125 cm³/mol. The normalized spacial score (nSPS) is 15.2. The molecular weight excluding hydrogens is 461 g/mol. The van der Waals surface area contributed by atoms with E-state index in [0.29, 0.717) is 22.4 Å². The van der Waals surface area contributed by atoms with E-state index in [1.807, 2.05) is 17.9 Å². The average Bonchev–Trinajstić information content (AvgIpc) is 2.80. The van der Waals surface area contributed by atoms with Gasteiger partial charge < -0.3 is 24.8 Å². The molecule has 1 atom stereocenters. The van der Waals surface area contributed by atoms with Crippen LogP contribution in [-0.4, -0.2) is 29.4 Å². The van der Waals surface area contributed by atoms with E-state index in [4.69, 9.17) is 4.74 Å². The fraction of sp³-hybridized carbons (Fsp3) is 0.192. The molecular formula is C26H23F3N2O4. The van der Waals surface area contributed by atoms with Gasteiger partial charge in [0, 0.05) is 18.4 Å². The predicted octanol–water partition coefficient (Wildman–Crippen LogP) is 5.86. The second kappa shape index (κ2) is 9.61. The molecule has 9 heteroatoms. The van der Waals surface area contributed by atoms with Gasteiger partial charge in [-0.15, -0.1) is 13.2 Å². The lowest BCUT2D eigenvalue weighted by molar-refractivity contribution is -0.274.